The molecule has 1 aromatic carbocycles. The van der Waals surface area contributed by atoms with Crippen LogP contribution in [0.5, 0.6) is 0 Å². The quantitative estimate of drug-likeness (QED) is 0.807. The molecule has 1 aliphatic rings. The number of urea groups is 1. The van der Waals surface area contributed by atoms with Crippen molar-refractivity contribution in [2.75, 3.05) is 13.1 Å². The molecule has 2 aromatic rings. The van der Waals surface area contributed by atoms with Crippen LogP contribution in [0.2, 0.25) is 0 Å². The standard InChI is InChI=1S/C22H29N3O4/c1-14-5-10-20(29-14)17(4)24-22(27)23-11-18-6-8-19(9-7-18)21(26)25-12-15(2)28-16(3)13-25/h5-10,15-17H,11-13H2,1-4H3,(H2,23,24,27)/t15-,16+,17-/m0/s1. The van der Waals surface area contributed by atoms with Crippen LogP contribution in [0.4, 0.5) is 4.79 Å². The fourth-order valence-corrected chi connectivity index (χ4v) is 3.48. The van der Waals surface area contributed by atoms with Gasteiger partial charge in [-0.3, -0.25) is 4.79 Å². The zero-order chi connectivity index (χ0) is 21.0. The van der Waals surface area contributed by atoms with Crippen molar-refractivity contribution in [1.29, 1.82) is 0 Å². The molecule has 7 nitrogen and oxygen atoms in total. The number of morpholine rings is 1. The Labute approximate surface area is 171 Å². The summed E-state index contributed by atoms with van der Waals surface area (Å²) in [6.45, 7) is 9.25. The third-order valence-electron chi connectivity index (χ3n) is 4.90. The van der Waals surface area contributed by atoms with Crippen LogP contribution in [0.3, 0.4) is 0 Å². The largest absolute Gasteiger partial charge is 0.464 e. The molecule has 0 spiro atoms. The third-order valence-corrected chi connectivity index (χ3v) is 4.90. The summed E-state index contributed by atoms with van der Waals surface area (Å²) in [4.78, 5) is 26.7. The number of hydrogen-bond donors (Lipinski definition) is 2. The molecule has 2 N–H and O–H groups in total. The first-order chi connectivity index (χ1) is 13.8. The van der Waals surface area contributed by atoms with E-state index in [1.807, 2.05) is 56.9 Å². The lowest BCUT2D eigenvalue weighted by Crippen LogP contribution is -2.48. The van der Waals surface area contributed by atoms with E-state index < -0.39 is 0 Å². The number of carbonyl (C=O) groups is 2. The second-order valence-electron chi connectivity index (χ2n) is 7.66. The van der Waals surface area contributed by atoms with Crippen molar-refractivity contribution in [2.45, 2.75) is 52.5 Å². The summed E-state index contributed by atoms with van der Waals surface area (Å²) in [5.41, 5.74) is 1.56. The van der Waals surface area contributed by atoms with Crippen molar-refractivity contribution in [1.82, 2.24) is 15.5 Å². The highest BCUT2D eigenvalue weighted by Crippen LogP contribution is 2.16. The molecule has 3 amide bonds. The molecule has 1 aliphatic heterocycles. The minimum absolute atomic E-state index is 0.00631. The molecule has 7 heteroatoms. The Morgan fingerprint density at radius 1 is 1.10 bits per heavy atom. The predicted octanol–water partition coefficient (Wildman–Crippen LogP) is 3.40. The van der Waals surface area contributed by atoms with Gasteiger partial charge in [0, 0.05) is 25.2 Å². The van der Waals surface area contributed by atoms with Gasteiger partial charge in [-0.2, -0.15) is 0 Å². The number of hydrogen-bond acceptors (Lipinski definition) is 4. The highest BCUT2D eigenvalue weighted by atomic mass is 16.5. The summed E-state index contributed by atoms with van der Waals surface area (Å²) in [5.74, 6) is 1.53. The maximum atomic E-state index is 12.7. The van der Waals surface area contributed by atoms with Gasteiger partial charge in [0.15, 0.2) is 0 Å². The predicted molar refractivity (Wildman–Crippen MR) is 110 cm³/mol. The number of nitrogens with one attached hydrogen (secondary N) is 2. The fraction of sp³-hybridized carbons (Fsp3) is 0.455. The van der Waals surface area contributed by atoms with E-state index in [0.717, 1.165) is 11.3 Å². The first-order valence-corrected chi connectivity index (χ1v) is 9.96. The molecule has 0 unspecified atom stereocenters. The van der Waals surface area contributed by atoms with Gasteiger partial charge in [-0.15, -0.1) is 0 Å². The van der Waals surface area contributed by atoms with Gasteiger partial charge in [-0.1, -0.05) is 12.1 Å². The molecule has 1 saturated heterocycles. The van der Waals surface area contributed by atoms with Gasteiger partial charge in [0.1, 0.15) is 11.5 Å². The summed E-state index contributed by atoms with van der Waals surface area (Å²) in [6.07, 6.45) is 0.0781. The number of benzene rings is 1. The number of ether oxygens (including phenoxy) is 1. The van der Waals surface area contributed by atoms with Crippen molar-refractivity contribution in [3.05, 3.63) is 59.0 Å². The molecular formula is C22H29N3O4. The molecule has 0 saturated carbocycles. The number of furan rings is 1. The molecule has 1 aromatic heterocycles. The van der Waals surface area contributed by atoms with E-state index in [9.17, 15) is 9.59 Å². The van der Waals surface area contributed by atoms with Gasteiger partial charge in [-0.25, -0.2) is 4.79 Å². The molecular weight excluding hydrogens is 370 g/mol. The minimum atomic E-state index is -0.275. The van der Waals surface area contributed by atoms with Gasteiger partial charge in [0.05, 0.1) is 18.2 Å². The molecule has 29 heavy (non-hydrogen) atoms. The number of amides is 3. The number of aryl methyl sites for hydroxylation is 1. The van der Waals surface area contributed by atoms with Gasteiger partial charge < -0.3 is 24.7 Å². The van der Waals surface area contributed by atoms with Gasteiger partial charge in [0.2, 0.25) is 0 Å². The fourth-order valence-electron chi connectivity index (χ4n) is 3.48. The summed E-state index contributed by atoms with van der Waals surface area (Å²) in [6, 6.07) is 10.6. The number of carbonyl (C=O) groups excluding carboxylic acids is 2. The molecule has 0 radical (unpaired) electrons. The van der Waals surface area contributed by atoms with Gasteiger partial charge >= 0.3 is 6.03 Å². The van der Waals surface area contributed by atoms with Crippen LogP contribution in [-0.4, -0.2) is 42.1 Å². The van der Waals surface area contributed by atoms with Gasteiger partial charge in [-0.05, 0) is 57.5 Å². The minimum Gasteiger partial charge on any atom is -0.464 e. The molecule has 156 valence electrons. The van der Waals surface area contributed by atoms with Crippen LogP contribution in [0, 0.1) is 6.92 Å². The van der Waals surface area contributed by atoms with Crippen molar-refractivity contribution >= 4 is 11.9 Å². The van der Waals surface area contributed by atoms with Crippen LogP contribution in [0.25, 0.3) is 0 Å². The lowest BCUT2D eigenvalue weighted by atomic mass is 10.1. The monoisotopic (exact) mass is 399 g/mol. The summed E-state index contributed by atoms with van der Waals surface area (Å²) < 4.78 is 11.2. The Kier molecular flexibility index (Phi) is 6.59. The maximum Gasteiger partial charge on any atom is 0.315 e. The first-order valence-electron chi connectivity index (χ1n) is 9.96. The summed E-state index contributed by atoms with van der Waals surface area (Å²) in [7, 11) is 0. The normalized spacial score (nSPS) is 20.2. The molecule has 0 aliphatic carbocycles. The first kappa shape index (κ1) is 20.9. The Morgan fingerprint density at radius 3 is 2.34 bits per heavy atom. The lowest BCUT2D eigenvalue weighted by Gasteiger charge is -2.35. The van der Waals surface area contributed by atoms with Crippen molar-refractivity contribution in [3.63, 3.8) is 0 Å². The summed E-state index contributed by atoms with van der Waals surface area (Å²) in [5, 5.41) is 5.67. The van der Waals surface area contributed by atoms with E-state index >= 15 is 0 Å². The summed E-state index contributed by atoms with van der Waals surface area (Å²) >= 11 is 0. The second kappa shape index (κ2) is 9.13. The van der Waals surface area contributed by atoms with Crippen LogP contribution in [0.15, 0.2) is 40.8 Å². The average molecular weight is 399 g/mol. The van der Waals surface area contributed by atoms with E-state index in [4.69, 9.17) is 9.15 Å². The van der Waals surface area contributed by atoms with Crippen LogP contribution >= 0.6 is 0 Å². The van der Waals surface area contributed by atoms with E-state index in [0.29, 0.717) is 31.0 Å². The smallest absolute Gasteiger partial charge is 0.315 e. The van der Waals surface area contributed by atoms with Crippen LogP contribution in [0.1, 0.15) is 54.3 Å². The zero-order valence-corrected chi connectivity index (χ0v) is 17.4. The van der Waals surface area contributed by atoms with Crippen molar-refractivity contribution in [2.24, 2.45) is 0 Å². The highest BCUT2D eigenvalue weighted by Gasteiger charge is 2.26. The SMILES string of the molecule is Cc1ccc([C@H](C)NC(=O)NCc2ccc(C(=O)N3C[C@@H](C)O[C@@H](C)C3)cc2)o1. The molecule has 3 rings (SSSR count). The topological polar surface area (TPSA) is 83.8 Å². The Balaban J connectivity index is 1.50. The van der Waals surface area contributed by atoms with E-state index in [-0.39, 0.29) is 30.2 Å². The Hall–Kier alpha value is -2.80. The van der Waals surface area contributed by atoms with Crippen molar-refractivity contribution in [3.8, 4) is 0 Å². The van der Waals surface area contributed by atoms with E-state index in [1.54, 1.807) is 12.1 Å². The Bertz CT molecular complexity index is 836. The number of rotatable bonds is 5. The zero-order valence-electron chi connectivity index (χ0n) is 17.4. The average Bonchev–Trinajstić information content (AvgIpc) is 3.12. The van der Waals surface area contributed by atoms with E-state index in [2.05, 4.69) is 10.6 Å². The molecule has 0 bridgehead atoms. The highest BCUT2D eigenvalue weighted by molar-refractivity contribution is 5.94. The number of nitrogens with zero attached hydrogens (tertiary/aromatic N) is 1. The second-order valence-corrected chi connectivity index (χ2v) is 7.66. The van der Waals surface area contributed by atoms with Crippen LogP contribution < -0.4 is 10.6 Å². The third kappa shape index (κ3) is 5.60. The van der Waals surface area contributed by atoms with Crippen molar-refractivity contribution < 1.29 is 18.7 Å². The molecule has 3 atom stereocenters. The lowest BCUT2D eigenvalue weighted by molar-refractivity contribution is -0.0586. The molecule has 2 heterocycles. The van der Waals surface area contributed by atoms with E-state index in [1.165, 1.54) is 0 Å². The van der Waals surface area contributed by atoms with Crippen LogP contribution in [-0.2, 0) is 11.3 Å². The molecule has 1 fully saturated rings. The van der Waals surface area contributed by atoms with Gasteiger partial charge in [0.25, 0.3) is 5.91 Å². The Morgan fingerprint density at radius 2 is 1.76 bits per heavy atom. The maximum absolute atomic E-state index is 12.7.